The summed E-state index contributed by atoms with van der Waals surface area (Å²) in [6, 6.07) is 21.3. The monoisotopic (exact) mass is 654 g/mol. The number of carbonyl (C=O) groups excluding carboxylic acids is 3. The van der Waals surface area contributed by atoms with Crippen molar-refractivity contribution in [1.29, 1.82) is 0 Å². The first-order chi connectivity index (χ1) is 19.2. The van der Waals surface area contributed by atoms with E-state index in [-0.39, 0.29) is 37.3 Å². The number of benzene rings is 3. The SMILES string of the molecule is CC1=C(C(=O)OCc2ccccc2)C(c2ccccc2OC(=O)c2cccc(I)c2)NC(=O)N1CCCC(=O)O. The summed E-state index contributed by atoms with van der Waals surface area (Å²) >= 11 is 2.10. The van der Waals surface area contributed by atoms with Crippen molar-refractivity contribution in [3.8, 4) is 5.75 Å². The average molecular weight is 654 g/mol. The number of esters is 2. The number of nitrogens with one attached hydrogen (secondary N) is 1. The first-order valence-electron chi connectivity index (χ1n) is 12.5. The predicted octanol–water partition coefficient (Wildman–Crippen LogP) is 5.46. The fraction of sp³-hybridized carbons (Fsp3) is 0.200. The number of urea groups is 1. The molecule has 1 unspecified atom stereocenters. The van der Waals surface area contributed by atoms with Gasteiger partial charge < -0.3 is 19.9 Å². The van der Waals surface area contributed by atoms with Gasteiger partial charge in [0.1, 0.15) is 12.4 Å². The van der Waals surface area contributed by atoms with Crippen LogP contribution < -0.4 is 10.1 Å². The van der Waals surface area contributed by atoms with Crippen molar-refractivity contribution in [2.24, 2.45) is 0 Å². The van der Waals surface area contributed by atoms with Crippen molar-refractivity contribution in [2.75, 3.05) is 6.54 Å². The first kappa shape index (κ1) is 28.8. The summed E-state index contributed by atoms with van der Waals surface area (Å²) in [6.45, 7) is 1.72. The van der Waals surface area contributed by atoms with E-state index < -0.39 is 30.0 Å². The fourth-order valence-corrected chi connectivity index (χ4v) is 4.87. The Labute approximate surface area is 244 Å². The summed E-state index contributed by atoms with van der Waals surface area (Å²) in [5.41, 5.74) is 2.02. The normalized spacial score (nSPS) is 14.9. The molecule has 0 bridgehead atoms. The van der Waals surface area contributed by atoms with E-state index in [0.717, 1.165) is 9.13 Å². The van der Waals surface area contributed by atoms with Crippen LogP contribution >= 0.6 is 22.6 Å². The Kier molecular flexibility index (Phi) is 9.54. The molecule has 3 aromatic rings. The molecule has 2 amide bonds. The molecule has 0 fully saturated rings. The standard InChI is InChI=1S/C30H27IN2O7/c1-19-26(29(37)39-18-20-9-3-2-4-10-20)27(32-30(38)33(19)16-8-15-25(34)35)23-13-5-6-14-24(23)40-28(36)21-11-7-12-22(31)17-21/h2-7,9-14,17,27H,8,15-16,18H2,1H3,(H,32,38)(H,34,35). The van der Waals surface area contributed by atoms with Gasteiger partial charge in [0.25, 0.3) is 0 Å². The number of hydrogen-bond donors (Lipinski definition) is 2. The lowest BCUT2D eigenvalue weighted by Crippen LogP contribution is -2.48. The maximum atomic E-state index is 13.5. The lowest BCUT2D eigenvalue weighted by atomic mass is 9.94. The van der Waals surface area contributed by atoms with Crippen LogP contribution in [0, 0.1) is 3.57 Å². The third kappa shape index (κ3) is 7.06. The third-order valence-electron chi connectivity index (χ3n) is 6.29. The third-order valence-corrected chi connectivity index (χ3v) is 6.97. The second-order valence-electron chi connectivity index (χ2n) is 9.03. The highest BCUT2D eigenvalue weighted by molar-refractivity contribution is 14.1. The Morgan fingerprint density at radius 1 is 0.975 bits per heavy atom. The topological polar surface area (TPSA) is 122 Å². The van der Waals surface area contributed by atoms with E-state index in [0.29, 0.717) is 16.8 Å². The largest absolute Gasteiger partial charge is 0.481 e. The number of halogens is 1. The van der Waals surface area contributed by atoms with Crippen LogP contribution in [0.5, 0.6) is 5.75 Å². The van der Waals surface area contributed by atoms with Gasteiger partial charge in [-0.1, -0.05) is 54.6 Å². The molecule has 3 aromatic carbocycles. The van der Waals surface area contributed by atoms with Crippen LogP contribution in [0.3, 0.4) is 0 Å². The van der Waals surface area contributed by atoms with Crippen molar-refractivity contribution < 1.29 is 33.8 Å². The molecule has 2 N–H and O–H groups in total. The molecule has 1 aliphatic rings. The molecular formula is C30H27IN2O7. The van der Waals surface area contributed by atoms with Gasteiger partial charge in [0.2, 0.25) is 0 Å². The zero-order valence-electron chi connectivity index (χ0n) is 21.6. The molecule has 10 heteroatoms. The fourth-order valence-electron chi connectivity index (χ4n) is 4.32. The number of allylic oxidation sites excluding steroid dienone is 1. The molecule has 0 spiro atoms. The number of rotatable bonds is 10. The van der Waals surface area contributed by atoms with Crippen molar-refractivity contribution in [3.63, 3.8) is 0 Å². The summed E-state index contributed by atoms with van der Waals surface area (Å²) in [5.74, 6) is -2.05. The minimum Gasteiger partial charge on any atom is -0.481 e. The first-order valence-corrected chi connectivity index (χ1v) is 13.6. The van der Waals surface area contributed by atoms with Gasteiger partial charge >= 0.3 is 23.9 Å². The second-order valence-corrected chi connectivity index (χ2v) is 10.3. The Morgan fingerprint density at radius 2 is 1.70 bits per heavy atom. The summed E-state index contributed by atoms with van der Waals surface area (Å²) < 4.78 is 12.2. The quantitative estimate of drug-likeness (QED) is 0.169. The zero-order valence-corrected chi connectivity index (χ0v) is 23.8. The Morgan fingerprint density at radius 3 is 2.42 bits per heavy atom. The molecule has 1 atom stereocenters. The molecule has 1 heterocycles. The van der Waals surface area contributed by atoms with E-state index in [4.69, 9.17) is 14.6 Å². The van der Waals surface area contributed by atoms with E-state index in [1.54, 1.807) is 49.4 Å². The molecule has 1 aliphatic heterocycles. The van der Waals surface area contributed by atoms with Crippen LogP contribution in [-0.4, -0.2) is 40.5 Å². The van der Waals surface area contributed by atoms with Gasteiger partial charge in [-0.3, -0.25) is 9.69 Å². The van der Waals surface area contributed by atoms with Gasteiger partial charge in [0.15, 0.2) is 0 Å². The highest BCUT2D eigenvalue weighted by atomic mass is 127. The highest BCUT2D eigenvalue weighted by Gasteiger charge is 2.38. The van der Waals surface area contributed by atoms with Gasteiger partial charge in [-0.2, -0.15) is 0 Å². The van der Waals surface area contributed by atoms with E-state index in [9.17, 15) is 19.2 Å². The van der Waals surface area contributed by atoms with Crippen LogP contribution in [0.25, 0.3) is 0 Å². The molecule has 9 nitrogen and oxygen atoms in total. The number of nitrogens with zero attached hydrogens (tertiary/aromatic N) is 1. The molecule has 0 saturated carbocycles. The molecule has 206 valence electrons. The van der Waals surface area contributed by atoms with Gasteiger partial charge in [-0.25, -0.2) is 14.4 Å². The zero-order chi connectivity index (χ0) is 28.6. The number of amides is 2. The van der Waals surface area contributed by atoms with E-state index in [2.05, 4.69) is 27.9 Å². The van der Waals surface area contributed by atoms with Crippen LogP contribution in [0.15, 0.2) is 90.1 Å². The molecule has 40 heavy (non-hydrogen) atoms. The second kappa shape index (κ2) is 13.2. The number of ether oxygens (including phenoxy) is 2. The van der Waals surface area contributed by atoms with Crippen molar-refractivity contribution in [2.45, 2.75) is 32.4 Å². The van der Waals surface area contributed by atoms with Crippen LogP contribution in [0.2, 0.25) is 0 Å². The van der Waals surface area contributed by atoms with E-state index in [1.807, 2.05) is 36.4 Å². The van der Waals surface area contributed by atoms with Crippen molar-refractivity contribution in [1.82, 2.24) is 10.2 Å². The Bertz CT molecular complexity index is 1460. The van der Waals surface area contributed by atoms with Crippen LogP contribution in [0.1, 0.15) is 47.3 Å². The minimum atomic E-state index is -0.983. The van der Waals surface area contributed by atoms with E-state index >= 15 is 0 Å². The molecule has 0 aromatic heterocycles. The van der Waals surface area contributed by atoms with E-state index in [1.165, 1.54) is 4.90 Å². The number of carbonyl (C=O) groups is 4. The van der Waals surface area contributed by atoms with Crippen LogP contribution in [-0.2, 0) is 20.9 Å². The van der Waals surface area contributed by atoms with Crippen molar-refractivity contribution >= 4 is 46.5 Å². The summed E-state index contributed by atoms with van der Waals surface area (Å²) in [4.78, 5) is 52.0. The Balaban J connectivity index is 1.68. The summed E-state index contributed by atoms with van der Waals surface area (Å²) in [7, 11) is 0. The van der Waals surface area contributed by atoms with Gasteiger partial charge in [-0.15, -0.1) is 0 Å². The highest BCUT2D eigenvalue weighted by Crippen LogP contribution is 2.36. The van der Waals surface area contributed by atoms with Crippen molar-refractivity contribution in [3.05, 3.63) is 110 Å². The lowest BCUT2D eigenvalue weighted by Gasteiger charge is -2.35. The van der Waals surface area contributed by atoms with Gasteiger partial charge in [0.05, 0.1) is 17.2 Å². The molecule has 0 saturated heterocycles. The predicted molar refractivity (Wildman–Crippen MR) is 154 cm³/mol. The average Bonchev–Trinajstić information content (AvgIpc) is 2.94. The number of aliphatic carboxylic acids is 1. The summed E-state index contributed by atoms with van der Waals surface area (Å²) in [6.07, 6.45) is 0.0622. The smallest absolute Gasteiger partial charge is 0.343 e. The van der Waals surface area contributed by atoms with Crippen LogP contribution in [0.4, 0.5) is 4.79 Å². The lowest BCUT2D eigenvalue weighted by molar-refractivity contribution is -0.141. The number of hydrogen-bond acceptors (Lipinski definition) is 6. The van der Waals surface area contributed by atoms with Gasteiger partial charge in [-0.05, 0) is 65.8 Å². The number of carboxylic acid groups (broad SMARTS) is 1. The molecule has 0 radical (unpaired) electrons. The maximum Gasteiger partial charge on any atom is 0.343 e. The summed E-state index contributed by atoms with van der Waals surface area (Å²) in [5, 5.41) is 11.9. The molecule has 0 aliphatic carbocycles. The number of carboxylic acids is 1. The molecular weight excluding hydrogens is 627 g/mol. The molecule has 4 rings (SSSR count). The minimum absolute atomic E-state index is 0.0133. The maximum absolute atomic E-state index is 13.5. The Hall–Kier alpha value is -4.19. The number of para-hydroxylation sites is 1. The van der Waals surface area contributed by atoms with Gasteiger partial charge in [0, 0.05) is 27.8 Å².